The first kappa shape index (κ1) is 18.5. The molecule has 0 heterocycles. The number of nitrogens with one attached hydrogen (secondary N) is 2. The number of alkyl halides is 2. The smallest absolute Gasteiger partial charge is 0.394 e. The first-order valence-corrected chi connectivity index (χ1v) is 7.78. The number of carbonyl (C=O) groups excluding carboxylic acids is 1. The standard InChI is InChI=1S/C18H20F2N2O3/c1-3-24-17-10-15(22-12-23)8-7-13(17)11-21-14-5-4-6-16(9-14)25-18(2,19)20/h4-10,12,21H,3,11H2,1-2H3,(H,22,23). The third-order valence-electron chi connectivity index (χ3n) is 3.21. The minimum atomic E-state index is -3.23. The number of hydrogen-bond donors (Lipinski definition) is 2. The summed E-state index contributed by atoms with van der Waals surface area (Å²) in [6, 6.07) is 11.7. The van der Waals surface area contributed by atoms with Crippen molar-refractivity contribution in [1.29, 1.82) is 0 Å². The van der Waals surface area contributed by atoms with Gasteiger partial charge in [-0.05, 0) is 25.1 Å². The minimum Gasteiger partial charge on any atom is -0.493 e. The van der Waals surface area contributed by atoms with E-state index in [1.54, 1.807) is 24.3 Å². The molecular formula is C18H20F2N2O3. The summed E-state index contributed by atoms with van der Waals surface area (Å²) in [5.74, 6) is 0.711. The predicted molar refractivity (Wildman–Crippen MR) is 92.3 cm³/mol. The van der Waals surface area contributed by atoms with Gasteiger partial charge in [-0.15, -0.1) is 0 Å². The van der Waals surface area contributed by atoms with Crippen molar-refractivity contribution in [3.63, 3.8) is 0 Å². The largest absolute Gasteiger partial charge is 0.493 e. The third-order valence-corrected chi connectivity index (χ3v) is 3.21. The maximum atomic E-state index is 12.9. The molecule has 2 rings (SSSR count). The van der Waals surface area contributed by atoms with E-state index in [0.29, 0.717) is 43.6 Å². The maximum Gasteiger partial charge on any atom is 0.394 e. The first-order valence-electron chi connectivity index (χ1n) is 7.78. The Bertz CT molecular complexity index is 718. The lowest BCUT2D eigenvalue weighted by Crippen LogP contribution is -2.19. The SMILES string of the molecule is CCOc1cc(NC=O)ccc1CNc1cccc(OC(C)(F)F)c1. The topological polar surface area (TPSA) is 59.6 Å². The summed E-state index contributed by atoms with van der Waals surface area (Å²) in [6.45, 7) is 3.45. The van der Waals surface area contributed by atoms with Gasteiger partial charge in [0, 0.05) is 42.5 Å². The average molecular weight is 350 g/mol. The number of ether oxygens (including phenoxy) is 2. The summed E-state index contributed by atoms with van der Waals surface area (Å²) in [4.78, 5) is 10.5. The molecule has 0 saturated heterocycles. The summed E-state index contributed by atoms with van der Waals surface area (Å²) in [7, 11) is 0. The molecule has 2 aromatic carbocycles. The minimum absolute atomic E-state index is 0.0769. The fraction of sp³-hybridized carbons (Fsp3) is 0.278. The number of anilines is 2. The Morgan fingerprint density at radius 3 is 2.64 bits per heavy atom. The molecule has 0 aromatic heterocycles. The fourth-order valence-electron chi connectivity index (χ4n) is 2.22. The zero-order valence-electron chi connectivity index (χ0n) is 14.0. The van der Waals surface area contributed by atoms with Gasteiger partial charge < -0.3 is 20.1 Å². The monoisotopic (exact) mass is 350 g/mol. The normalized spacial score (nSPS) is 10.9. The predicted octanol–water partition coefficient (Wildman–Crippen LogP) is 4.26. The van der Waals surface area contributed by atoms with Gasteiger partial charge in [0.2, 0.25) is 6.41 Å². The van der Waals surface area contributed by atoms with E-state index < -0.39 is 6.11 Å². The van der Waals surface area contributed by atoms with Crippen LogP contribution in [0.2, 0.25) is 0 Å². The van der Waals surface area contributed by atoms with Crippen molar-refractivity contribution in [2.24, 2.45) is 0 Å². The molecule has 134 valence electrons. The molecule has 0 bridgehead atoms. The van der Waals surface area contributed by atoms with Gasteiger partial charge in [-0.25, -0.2) is 0 Å². The van der Waals surface area contributed by atoms with Gasteiger partial charge in [0.15, 0.2) is 0 Å². The second kappa shape index (κ2) is 8.32. The lowest BCUT2D eigenvalue weighted by Gasteiger charge is -2.15. The van der Waals surface area contributed by atoms with Crippen LogP contribution in [-0.4, -0.2) is 19.1 Å². The average Bonchev–Trinajstić information content (AvgIpc) is 2.53. The zero-order valence-corrected chi connectivity index (χ0v) is 14.0. The maximum absolute atomic E-state index is 12.9. The number of rotatable bonds is 9. The first-order chi connectivity index (χ1) is 11.9. The highest BCUT2D eigenvalue weighted by Crippen LogP contribution is 2.27. The Hall–Kier alpha value is -2.83. The molecule has 0 atom stereocenters. The number of amides is 1. The van der Waals surface area contributed by atoms with E-state index in [-0.39, 0.29) is 5.75 Å². The number of carbonyl (C=O) groups is 1. The van der Waals surface area contributed by atoms with Crippen molar-refractivity contribution in [1.82, 2.24) is 0 Å². The molecule has 0 spiro atoms. The van der Waals surface area contributed by atoms with E-state index in [4.69, 9.17) is 4.74 Å². The Balaban J connectivity index is 2.10. The van der Waals surface area contributed by atoms with Gasteiger partial charge in [0.05, 0.1) is 6.61 Å². The second-order valence-electron chi connectivity index (χ2n) is 5.31. The molecule has 2 N–H and O–H groups in total. The van der Waals surface area contributed by atoms with Crippen LogP contribution in [0.3, 0.4) is 0 Å². The molecule has 5 nitrogen and oxygen atoms in total. The van der Waals surface area contributed by atoms with Crippen molar-refractivity contribution >= 4 is 17.8 Å². The quantitative estimate of drug-likeness (QED) is 0.664. The van der Waals surface area contributed by atoms with E-state index in [1.165, 1.54) is 12.1 Å². The van der Waals surface area contributed by atoms with Crippen LogP contribution in [0.1, 0.15) is 19.4 Å². The van der Waals surface area contributed by atoms with Crippen LogP contribution in [0.5, 0.6) is 11.5 Å². The lowest BCUT2D eigenvalue weighted by atomic mass is 10.1. The molecule has 1 amide bonds. The van der Waals surface area contributed by atoms with E-state index in [2.05, 4.69) is 15.4 Å². The van der Waals surface area contributed by atoms with E-state index in [0.717, 1.165) is 5.56 Å². The van der Waals surface area contributed by atoms with Crippen LogP contribution in [0, 0.1) is 0 Å². The summed E-state index contributed by atoms with van der Waals surface area (Å²) in [6.07, 6.45) is -2.64. The number of hydrogen-bond acceptors (Lipinski definition) is 4. The third kappa shape index (κ3) is 5.95. The Kier molecular flexibility index (Phi) is 6.16. The summed E-state index contributed by atoms with van der Waals surface area (Å²) >= 11 is 0. The van der Waals surface area contributed by atoms with E-state index >= 15 is 0 Å². The van der Waals surface area contributed by atoms with Crippen LogP contribution in [0.25, 0.3) is 0 Å². The summed E-state index contributed by atoms with van der Waals surface area (Å²) < 4.78 is 36.0. The van der Waals surface area contributed by atoms with Crippen LogP contribution in [0.4, 0.5) is 20.2 Å². The van der Waals surface area contributed by atoms with Crippen LogP contribution < -0.4 is 20.1 Å². The van der Waals surface area contributed by atoms with Crippen molar-refractivity contribution in [3.8, 4) is 11.5 Å². The molecule has 0 radical (unpaired) electrons. The van der Waals surface area contributed by atoms with E-state index in [1.807, 2.05) is 13.0 Å². The molecule has 0 unspecified atom stereocenters. The van der Waals surface area contributed by atoms with Crippen molar-refractivity contribution in [2.45, 2.75) is 26.5 Å². The zero-order chi connectivity index (χ0) is 18.3. The Labute approximate surface area is 144 Å². The molecule has 25 heavy (non-hydrogen) atoms. The second-order valence-corrected chi connectivity index (χ2v) is 5.31. The summed E-state index contributed by atoms with van der Waals surface area (Å²) in [5.41, 5.74) is 2.13. The molecule has 0 saturated carbocycles. The van der Waals surface area contributed by atoms with Gasteiger partial charge in [-0.1, -0.05) is 12.1 Å². The highest BCUT2D eigenvalue weighted by atomic mass is 19.3. The van der Waals surface area contributed by atoms with Gasteiger partial charge in [0.1, 0.15) is 11.5 Å². The number of halogens is 2. The fourth-order valence-corrected chi connectivity index (χ4v) is 2.22. The number of benzene rings is 2. The Morgan fingerprint density at radius 2 is 1.96 bits per heavy atom. The molecule has 7 heteroatoms. The molecule has 0 fully saturated rings. The van der Waals surface area contributed by atoms with Gasteiger partial charge in [-0.2, -0.15) is 8.78 Å². The Morgan fingerprint density at radius 1 is 1.16 bits per heavy atom. The van der Waals surface area contributed by atoms with Gasteiger partial charge in [-0.3, -0.25) is 4.79 Å². The van der Waals surface area contributed by atoms with Crippen LogP contribution >= 0.6 is 0 Å². The van der Waals surface area contributed by atoms with Gasteiger partial charge in [0.25, 0.3) is 0 Å². The van der Waals surface area contributed by atoms with E-state index in [9.17, 15) is 13.6 Å². The van der Waals surface area contributed by atoms with Crippen LogP contribution in [-0.2, 0) is 11.3 Å². The van der Waals surface area contributed by atoms with Crippen LogP contribution in [0.15, 0.2) is 42.5 Å². The molecule has 2 aromatic rings. The molecule has 0 aliphatic carbocycles. The van der Waals surface area contributed by atoms with Crippen molar-refractivity contribution in [2.75, 3.05) is 17.2 Å². The van der Waals surface area contributed by atoms with Crippen molar-refractivity contribution < 1.29 is 23.0 Å². The lowest BCUT2D eigenvalue weighted by molar-refractivity contribution is -0.158. The molecular weight excluding hydrogens is 330 g/mol. The molecule has 0 aliphatic rings. The summed E-state index contributed by atoms with van der Waals surface area (Å²) in [5, 5.41) is 5.71. The highest BCUT2D eigenvalue weighted by Gasteiger charge is 2.23. The highest BCUT2D eigenvalue weighted by molar-refractivity contribution is 5.72. The molecule has 0 aliphatic heterocycles. The van der Waals surface area contributed by atoms with Gasteiger partial charge >= 0.3 is 6.11 Å². The van der Waals surface area contributed by atoms with Crippen molar-refractivity contribution in [3.05, 3.63) is 48.0 Å².